The second kappa shape index (κ2) is 5.02. The van der Waals surface area contributed by atoms with Crippen LogP contribution in [0.3, 0.4) is 0 Å². The lowest BCUT2D eigenvalue weighted by molar-refractivity contribution is 0.501. The Bertz CT molecular complexity index is 606. The van der Waals surface area contributed by atoms with Gasteiger partial charge < -0.3 is 5.32 Å². The van der Waals surface area contributed by atoms with Gasteiger partial charge in [0.05, 0.1) is 5.69 Å². The first-order chi connectivity index (χ1) is 9.19. The molecule has 0 spiro atoms. The summed E-state index contributed by atoms with van der Waals surface area (Å²) in [5, 5.41) is 4.14. The highest BCUT2D eigenvalue weighted by molar-refractivity contribution is 7.15. The predicted octanol–water partition coefficient (Wildman–Crippen LogP) is 3.85. The number of hydrogen-bond acceptors (Lipinski definition) is 3. The fourth-order valence-corrected chi connectivity index (χ4v) is 3.89. The van der Waals surface area contributed by atoms with Gasteiger partial charge in [-0.15, -0.1) is 11.3 Å². The van der Waals surface area contributed by atoms with E-state index in [1.54, 1.807) is 17.4 Å². The lowest BCUT2D eigenvalue weighted by atomic mass is 9.98. The molecule has 1 aromatic heterocycles. The van der Waals surface area contributed by atoms with Crippen LogP contribution in [-0.2, 0) is 6.42 Å². The standard InChI is InChI=1S/C15H17FN2S/c1-9-6-7-11(16)10(8-9)15-18-13-5-3-4-12(17-2)14(13)19-15/h6-8,12,17H,3-5H2,1-2H3. The van der Waals surface area contributed by atoms with E-state index in [0.29, 0.717) is 11.6 Å². The zero-order valence-corrected chi connectivity index (χ0v) is 12.0. The van der Waals surface area contributed by atoms with Gasteiger partial charge in [0.1, 0.15) is 10.8 Å². The monoisotopic (exact) mass is 276 g/mol. The maximum absolute atomic E-state index is 13.9. The third-order valence-electron chi connectivity index (χ3n) is 3.65. The van der Waals surface area contributed by atoms with E-state index in [-0.39, 0.29) is 5.82 Å². The Kier molecular flexibility index (Phi) is 3.37. The molecule has 1 N–H and O–H groups in total. The molecule has 1 unspecified atom stereocenters. The summed E-state index contributed by atoms with van der Waals surface area (Å²) in [7, 11) is 1.98. The molecule has 0 radical (unpaired) electrons. The van der Waals surface area contributed by atoms with Gasteiger partial charge in [0.25, 0.3) is 0 Å². The lowest BCUT2D eigenvalue weighted by Crippen LogP contribution is -2.19. The lowest BCUT2D eigenvalue weighted by Gasteiger charge is -2.19. The number of hydrogen-bond donors (Lipinski definition) is 1. The van der Waals surface area contributed by atoms with E-state index in [1.807, 2.05) is 20.0 Å². The Balaban J connectivity index is 2.07. The number of benzene rings is 1. The van der Waals surface area contributed by atoms with Crippen molar-refractivity contribution in [3.63, 3.8) is 0 Å². The molecule has 1 aliphatic carbocycles. The van der Waals surface area contributed by atoms with Crippen molar-refractivity contribution >= 4 is 11.3 Å². The van der Waals surface area contributed by atoms with E-state index < -0.39 is 0 Å². The molecule has 0 saturated carbocycles. The van der Waals surface area contributed by atoms with Gasteiger partial charge in [-0.1, -0.05) is 11.6 Å². The van der Waals surface area contributed by atoms with Crippen molar-refractivity contribution in [3.05, 3.63) is 40.2 Å². The van der Waals surface area contributed by atoms with Crippen LogP contribution >= 0.6 is 11.3 Å². The number of fused-ring (bicyclic) bond motifs is 1. The quantitative estimate of drug-likeness (QED) is 0.901. The number of nitrogens with zero attached hydrogens (tertiary/aromatic N) is 1. The topological polar surface area (TPSA) is 24.9 Å². The number of thiazole rings is 1. The number of halogens is 1. The van der Waals surface area contributed by atoms with E-state index in [2.05, 4.69) is 10.3 Å². The minimum Gasteiger partial charge on any atom is -0.312 e. The van der Waals surface area contributed by atoms with Gasteiger partial charge in [-0.25, -0.2) is 9.37 Å². The van der Waals surface area contributed by atoms with E-state index in [0.717, 1.165) is 35.5 Å². The molecule has 19 heavy (non-hydrogen) atoms. The molecule has 1 aromatic carbocycles. The van der Waals surface area contributed by atoms with Crippen LogP contribution in [0.15, 0.2) is 18.2 Å². The van der Waals surface area contributed by atoms with Gasteiger partial charge >= 0.3 is 0 Å². The van der Waals surface area contributed by atoms with Crippen molar-refractivity contribution in [1.82, 2.24) is 10.3 Å². The summed E-state index contributed by atoms with van der Waals surface area (Å²) in [6, 6.07) is 5.58. The molecular formula is C15H17FN2S. The summed E-state index contributed by atoms with van der Waals surface area (Å²) in [5.74, 6) is -0.183. The fourth-order valence-electron chi connectivity index (χ4n) is 2.61. The van der Waals surface area contributed by atoms with Gasteiger partial charge in [-0.05, 0) is 45.4 Å². The van der Waals surface area contributed by atoms with Gasteiger partial charge in [0.15, 0.2) is 0 Å². The molecule has 100 valence electrons. The van der Waals surface area contributed by atoms with Crippen LogP contribution in [0, 0.1) is 12.7 Å². The molecule has 1 heterocycles. The summed E-state index contributed by atoms with van der Waals surface area (Å²) in [6.45, 7) is 1.98. The Morgan fingerprint density at radius 1 is 1.42 bits per heavy atom. The third-order valence-corrected chi connectivity index (χ3v) is 4.90. The van der Waals surface area contributed by atoms with Crippen LogP contribution in [0.5, 0.6) is 0 Å². The smallest absolute Gasteiger partial charge is 0.133 e. The van der Waals surface area contributed by atoms with Gasteiger partial charge in [0.2, 0.25) is 0 Å². The van der Waals surface area contributed by atoms with E-state index >= 15 is 0 Å². The number of aromatic nitrogens is 1. The van der Waals surface area contributed by atoms with Crippen molar-refractivity contribution in [2.75, 3.05) is 7.05 Å². The van der Waals surface area contributed by atoms with E-state index in [4.69, 9.17) is 0 Å². The Morgan fingerprint density at radius 3 is 3.05 bits per heavy atom. The molecule has 2 nitrogen and oxygen atoms in total. The first-order valence-electron chi connectivity index (χ1n) is 6.62. The van der Waals surface area contributed by atoms with Crippen molar-refractivity contribution < 1.29 is 4.39 Å². The normalized spacial score (nSPS) is 18.4. The molecule has 0 aliphatic heterocycles. The molecule has 2 aromatic rings. The van der Waals surface area contributed by atoms with Crippen LogP contribution in [0.2, 0.25) is 0 Å². The zero-order valence-electron chi connectivity index (χ0n) is 11.2. The summed E-state index contributed by atoms with van der Waals surface area (Å²) in [5.41, 5.74) is 2.84. The molecule has 4 heteroatoms. The molecule has 0 fully saturated rings. The highest BCUT2D eigenvalue weighted by atomic mass is 32.1. The summed E-state index contributed by atoms with van der Waals surface area (Å²) >= 11 is 1.63. The second-order valence-electron chi connectivity index (χ2n) is 5.05. The fraction of sp³-hybridized carbons (Fsp3) is 0.400. The molecule has 1 aliphatic rings. The maximum Gasteiger partial charge on any atom is 0.133 e. The van der Waals surface area contributed by atoms with Crippen molar-refractivity contribution in [2.45, 2.75) is 32.2 Å². The summed E-state index contributed by atoms with van der Waals surface area (Å²) < 4.78 is 13.9. The molecule has 0 amide bonds. The van der Waals surface area contributed by atoms with Gasteiger partial charge in [-0.2, -0.15) is 0 Å². The number of rotatable bonds is 2. The molecular weight excluding hydrogens is 259 g/mol. The first-order valence-corrected chi connectivity index (χ1v) is 7.44. The third kappa shape index (κ3) is 2.30. The first kappa shape index (κ1) is 12.8. The molecule has 3 rings (SSSR count). The minimum atomic E-state index is -0.183. The van der Waals surface area contributed by atoms with Crippen LogP contribution in [0.4, 0.5) is 4.39 Å². The highest BCUT2D eigenvalue weighted by Gasteiger charge is 2.24. The molecule has 0 bridgehead atoms. The summed E-state index contributed by atoms with van der Waals surface area (Å²) in [6.07, 6.45) is 3.30. The number of aryl methyl sites for hydroxylation is 2. The van der Waals surface area contributed by atoms with Crippen LogP contribution in [-0.4, -0.2) is 12.0 Å². The number of nitrogens with one attached hydrogen (secondary N) is 1. The van der Waals surface area contributed by atoms with Crippen LogP contribution < -0.4 is 5.32 Å². The van der Waals surface area contributed by atoms with Gasteiger partial charge in [0, 0.05) is 16.5 Å². The Morgan fingerprint density at radius 2 is 2.26 bits per heavy atom. The van der Waals surface area contributed by atoms with Crippen molar-refractivity contribution in [2.24, 2.45) is 0 Å². The SMILES string of the molecule is CNC1CCCc2nc(-c3cc(C)ccc3F)sc21. The summed E-state index contributed by atoms with van der Waals surface area (Å²) in [4.78, 5) is 5.94. The Hall–Kier alpha value is -1.26. The predicted molar refractivity (Wildman–Crippen MR) is 77.0 cm³/mol. The second-order valence-corrected chi connectivity index (χ2v) is 6.08. The van der Waals surface area contributed by atoms with E-state index in [9.17, 15) is 4.39 Å². The van der Waals surface area contributed by atoms with Gasteiger partial charge in [-0.3, -0.25) is 0 Å². The highest BCUT2D eigenvalue weighted by Crippen LogP contribution is 2.38. The van der Waals surface area contributed by atoms with Crippen LogP contribution in [0.1, 0.15) is 35.0 Å². The van der Waals surface area contributed by atoms with E-state index in [1.165, 1.54) is 10.9 Å². The average molecular weight is 276 g/mol. The molecule has 1 atom stereocenters. The average Bonchev–Trinajstić information content (AvgIpc) is 2.85. The minimum absolute atomic E-state index is 0.183. The largest absolute Gasteiger partial charge is 0.312 e. The maximum atomic E-state index is 13.9. The van der Waals surface area contributed by atoms with Crippen molar-refractivity contribution in [1.29, 1.82) is 0 Å². The zero-order chi connectivity index (χ0) is 13.4. The van der Waals surface area contributed by atoms with Crippen molar-refractivity contribution in [3.8, 4) is 10.6 Å². The molecule has 0 saturated heterocycles. The Labute approximate surface area is 116 Å². The van der Waals surface area contributed by atoms with Crippen LogP contribution in [0.25, 0.3) is 10.6 Å².